The number of ether oxygens (including phenoxy) is 1. The summed E-state index contributed by atoms with van der Waals surface area (Å²) < 4.78 is 5.23. The first kappa shape index (κ1) is 20.9. The zero-order chi connectivity index (χ0) is 21.5. The third kappa shape index (κ3) is 5.61. The van der Waals surface area contributed by atoms with Crippen LogP contribution in [0.1, 0.15) is 10.4 Å². The maximum atomic E-state index is 12.4. The van der Waals surface area contributed by atoms with Gasteiger partial charge in [-0.25, -0.2) is 9.97 Å². The third-order valence-electron chi connectivity index (χ3n) is 3.86. The molecule has 3 aromatic rings. The number of nitrogens with two attached hydrogens (primary N) is 2. The Kier molecular flexibility index (Phi) is 6.71. The van der Waals surface area contributed by atoms with E-state index in [-0.39, 0.29) is 29.2 Å². The number of aromatic nitrogens is 2. The number of nitrogen functional groups attached to an aromatic ring is 2. The first-order valence-electron chi connectivity index (χ1n) is 8.81. The summed E-state index contributed by atoms with van der Waals surface area (Å²) in [5.41, 5.74) is 12.8. The Morgan fingerprint density at radius 2 is 1.67 bits per heavy atom. The molecule has 30 heavy (non-hydrogen) atoms. The van der Waals surface area contributed by atoms with E-state index in [4.69, 9.17) is 16.2 Å². The number of amides is 2. The zero-order valence-corrected chi connectivity index (χ0v) is 16.9. The van der Waals surface area contributed by atoms with Gasteiger partial charge in [0.15, 0.2) is 5.16 Å². The van der Waals surface area contributed by atoms with E-state index in [0.717, 1.165) is 11.8 Å². The number of hydrogen-bond acceptors (Lipinski definition) is 8. The van der Waals surface area contributed by atoms with E-state index in [9.17, 15) is 9.59 Å². The molecule has 1 aromatic heterocycles. The summed E-state index contributed by atoms with van der Waals surface area (Å²) in [6.45, 7) is 0. The molecule has 1 heterocycles. The molecule has 0 aliphatic rings. The number of anilines is 4. The number of hydrogen-bond donors (Lipinski definition) is 4. The predicted octanol–water partition coefficient (Wildman–Crippen LogP) is 2.63. The van der Waals surface area contributed by atoms with Crippen molar-refractivity contribution in [2.24, 2.45) is 0 Å². The molecule has 154 valence electrons. The van der Waals surface area contributed by atoms with Crippen LogP contribution in [0.2, 0.25) is 0 Å². The van der Waals surface area contributed by atoms with E-state index in [2.05, 4.69) is 20.6 Å². The van der Waals surface area contributed by atoms with Crippen molar-refractivity contribution in [3.05, 3.63) is 60.2 Å². The lowest BCUT2D eigenvalue weighted by Crippen LogP contribution is -2.15. The lowest BCUT2D eigenvalue weighted by atomic mass is 10.2. The van der Waals surface area contributed by atoms with E-state index >= 15 is 0 Å². The second-order valence-electron chi connectivity index (χ2n) is 6.07. The molecule has 9 nitrogen and oxygen atoms in total. The van der Waals surface area contributed by atoms with E-state index < -0.39 is 0 Å². The summed E-state index contributed by atoms with van der Waals surface area (Å²) in [5, 5.41) is 5.87. The third-order valence-corrected chi connectivity index (χ3v) is 4.71. The molecule has 3 rings (SSSR count). The van der Waals surface area contributed by atoms with Gasteiger partial charge < -0.3 is 26.8 Å². The molecule has 0 aliphatic heterocycles. The maximum absolute atomic E-state index is 12.4. The molecular formula is C20H20N6O3S. The Labute approximate surface area is 177 Å². The fourth-order valence-corrected chi connectivity index (χ4v) is 3.17. The normalized spacial score (nSPS) is 10.3. The van der Waals surface area contributed by atoms with Crippen molar-refractivity contribution in [3.63, 3.8) is 0 Å². The molecule has 0 aliphatic carbocycles. The molecule has 0 saturated carbocycles. The van der Waals surface area contributed by atoms with Crippen molar-refractivity contribution in [1.82, 2.24) is 9.97 Å². The fourth-order valence-electron chi connectivity index (χ4n) is 2.50. The number of benzene rings is 2. The number of rotatable bonds is 7. The fraction of sp³-hybridized carbons (Fsp3) is 0.100. The monoisotopic (exact) mass is 424 g/mol. The van der Waals surface area contributed by atoms with Gasteiger partial charge in [0.25, 0.3) is 5.91 Å². The topological polar surface area (TPSA) is 145 Å². The van der Waals surface area contributed by atoms with Gasteiger partial charge in [-0.05, 0) is 36.4 Å². The molecule has 0 bridgehead atoms. The molecule has 0 saturated heterocycles. The Bertz CT molecular complexity index is 1040. The first-order valence-corrected chi connectivity index (χ1v) is 9.80. The molecule has 6 N–H and O–H groups in total. The van der Waals surface area contributed by atoms with Crippen LogP contribution in [0.3, 0.4) is 0 Å². The van der Waals surface area contributed by atoms with Gasteiger partial charge >= 0.3 is 0 Å². The number of thioether (sulfide) groups is 1. The molecule has 10 heteroatoms. The molecule has 0 atom stereocenters. The van der Waals surface area contributed by atoms with Crippen molar-refractivity contribution >= 4 is 46.6 Å². The van der Waals surface area contributed by atoms with Crippen molar-refractivity contribution in [3.8, 4) is 5.75 Å². The minimum absolute atomic E-state index is 0.0823. The molecule has 0 unspecified atom stereocenters. The summed E-state index contributed by atoms with van der Waals surface area (Å²) in [6.07, 6.45) is 0. The highest BCUT2D eigenvalue weighted by molar-refractivity contribution is 7.99. The summed E-state index contributed by atoms with van der Waals surface area (Å²) in [6, 6.07) is 15.1. The summed E-state index contributed by atoms with van der Waals surface area (Å²) >= 11 is 1.12. The summed E-state index contributed by atoms with van der Waals surface area (Å²) in [5.74, 6) is 0.594. The van der Waals surface area contributed by atoms with Crippen molar-refractivity contribution in [2.45, 2.75) is 5.16 Å². The van der Waals surface area contributed by atoms with Gasteiger partial charge in [0.1, 0.15) is 17.4 Å². The predicted molar refractivity (Wildman–Crippen MR) is 118 cm³/mol. The maximum Gasteiger partial charge on any atom is 0.255 e. The highest BCUT2D eigenvalue weighted by Crippen LogP contribution is 2.24. The molecule has 2 aromatic carbocycles. The van der Waals surface area contributed by atoms with E-state index in [1.807, 2.05) is 6.07 Å². The number of para-hydroxylation sites is 2. The van der Waals surface area contributed by atoms with Crippen LogP contribution >= 0.6 is 11.8 Å². The van der Waals surface area contributed by atoms with Gasteiger partial charge in [-0.15, -0.1) is 0 Å². The number of nitrogens with zero attached hydrogens (tertiary/aromatic N) is 2. The number of nitrogens with one attached hydrogen (secondary N) is 2. The highest BCUT2D eigenvalue weighted by Gasteiger charge is 2.11. The van der Waals surface area contributed by atoms with Crippen molar-refractivity contribution in [1.29, 1.82) is 0 Å². The largest absolute Gasteiger partial charge is 0.495 e. The van der Waals surface area contributed by atoms with Gasteiger partial charge in [-0.1, -0.05) is 23.9 Å². The van der Waals surface area contributed by atoms with Crippen LogP contribution in [0.15, 0.2) is 59.8 Å². The smallest absolute Gasteiger partial charge is 0.255 e. The average molecular weight is 424 g/mol. The molecule has 0 fully saturated rings. The lowest BCUT2D eigenvalue weighted by molar-refractivity contribution is -0.113. The average Bonchev–Trinajstić information content (AvgIpc) is 2.72. The van der Waals surface area contributed by atoms with Crippen molar-refractivity contribution < 1.29 is 14.3 Å². The van der Waals surface area contributed by atoms with Crippen LogP contribution in [0, 0.1) is 0 Å². The van der Waals surface area contributed by atoms with Gasteiger partial charge in [-0.3, -0.25) is 9.59 Å². The highest BCUT2D eigenvalue weighted by atomic mass is 32.2. The summed E-state index contributed by atoms with van der Waals surface area (Å²) in [7, 11) is 1.54. The van der Waals surface area contributed by atoms with Crippen LogP contribution in [0.4, 0.5) is 23.0 Å². The molecular weight excluding hydrogens is 404 g/mol. The SMILES string of the molecule is COc1ccccc1NC(=O)c1ccc(NC(=O)CSc2nc(N)cc(N)n2)cc1. The molecule has 2 amide bonds. The number of methoxy groups -OCH3 is 1. The van der Waals surface area contributed by atoms with Gasteiger partial charge in [-0.2, -0.15) is 0 Å². The molecule has 0 radical (unpaired) electrons. The van der Waals surface area contributed by atoms with Crippen LogP contribution in [0.25, 0.3) is 0 Å². The Morgan fingerprint density at radius 3 is 2.33 bits per heavy atom. The molecule has 0 spiro atoms. The Hall–Kier alpha value is -3.79. The van der Waals surface area contributed by atoms with Gasteiger partial charge in [0, 0.05) is 17.3 Å². The van der Waals surface area contributed by atoms with Crippen LogP contribution in [0.5, 0.6) is 5.75 Å². The Morgan fingerprint density at radius 1 is 1.00 bits per heavy atom. The van der Waals surface area contributed by atoms with E-state index in [1.54, 1.807) is 42.5 Å². The Balaban J connectivity index is 1.55. The van der Waals surface area contributed by atoms with Crippen LogP contribution in [-0.4, -0.2) is 34.6 Å². The standard InChI is InChI=1S/C20H20N6O3S/c1-29-15-5-3-2-4-14(15)24-19(28)12-6-8-13(9-7-12)23-18(27)11-30-20-25-16(21)10-17(22)26-20/h2-10H,11H2,1H3,(H,23,27)(H,24,28)(H4,21,22,25,26). The quantitative estimate of drug-likeness (QED) is 0.334. The minimum atomic E-state index is -0.288. The van der Waals surface area contributed by atoms with E-state index in [0.29, 0.717) is 27.8 Å². The minimum Gasteiger partial charge on any atom is -0.495 e. The van der Waals surface area contributed by atoms with Crippen LogP contribution < -0.4 is 26.8 Å². The van der Waals surface area contributed by atoms with Crippen molar-refractivity contribution in [2.75, 3.05) is 35.0 Å². The first-order chi connectivity index (χ1) is 14.4. The van der Waals surface area contributed by atoms with E-state index in [1.165, 1.54) is 13.2 Å². The van der Waals surface area contributed by atoms with Gasteiger partial charge in [0.05, 0.1) is 18.6 Å². The number of carbonyl (C=O) groups excluding carboxylic acids is 2. The second kappa shape index (κ2) is 9.61. The lowest BCUT2D eigenvalue weighted by Gasteiger charge is -2.10. The van der Waals surface area contributed by atoms with Gasteiger partial charge in [0.2, 0.25) is 5.91 Å². The number of carbonyl (C=O) groups is 2. The van der Waals surface area contributed by atoms with Crippen LogP contribution in [-0.2, 0) is 4.79 Å². The second-order valence-corrected chi connectivity index (χ2v) is 7.01. The zero-order valence-electron chi connectivity index (χ0n) is 16.1. The summed E-state index contributed by atoms with van der Waals surface area (Å²) in [4.78, 5) is 32.6.